The Labute approximate surface area is 208 Å². The number of rotatable bonds is 6. The van der Waals surface area contributed by atoms with Crippen LogP contribution in [0.5, 0.6) is 0 Å². The van der Waals surface area contributed by atoms with Crippen molar-refractivity contribution in [3.8, 4) is 17.3 Å². The molecular weight excluding hydrogens is 504 g/mol. The number of benzene rings is 1. The summed E-state index contributed by atoms with van der Waals surface area (Å²) < 4.78 is 41.0. The van der Waals surface area contributed by atoms with E-state index in [2.05, 4.69) is 15.3 Å². The van der Waals surface area contributed by atoms with Gasteiger partial charge in [0.05, 0.1) is 17.8 Å². The lowest BCUT2D eigenvalue weighted by Gasteiger charge is -2.43. The van der Waals surface area contributed by atoms with Gasteiger partial charge in [-0.05, 0) is 25.1 Å². The van der Waals surface area contributed by atoms with Crippen molar-refractivity contribution in [3.05, 3.63) is 58.5 Å². The third kappa shape index (κ3) is 5.02. The zero-order valence-corrected chi connectivity index (χ0v) is 20.0. The van der Waals surface area contributed by atoms with E-state index in [-0.39, 0.29) is 22.5 Å². The van der Waals surface area contributed by atoms with Crippen molar-refractivity contribution in [1.29, 1.82) is 5.26 Å². The second-order valence-corrected chi connectivity index (χ2v) is 9.36. The lowest BCUT2D eigenvalue weighted by atomic mass is 9.97. The number of nitriles is 1. The molecule has 0 radical (unpaired) electrons. The molecule has 0 bridgehead atoms. The summed E-state index contributed by atoms with van der Waals surface area (Å²) in [6, 6.07) is 4.92. The van der Waals surface area contributed by atoms with E-state index in [1.165, 1.54) is 31.1 Å². The van der Waals surface area contributed by atoms with Gasteiger partial charge in [-0.2, -0.15) is 5.26 Å². The van der Waals surface area contributed by atoms with Crippen LogP contribution in [0, 0.1) is 29.9 Å². The van der Waals surface area contributed by atoms with E-state index in [1.54, 1.807) is 6.07 Å². The van der Waals surface area contributed by atoms with Crippen molar-refractivity contribution in [2.45, 2.75) is 41.6 Å². The first kappa shape index (κ1) is 25.4. The Morgan fingerprint density at radius 2 is 2.03 bits per heavy atom. The van der Waals surface area contributed by atoms with Crippen LogP contribution in [-0.4, -0.2) is 67.7 Å². The number of aliphatic hydroxyl groups excluding tert-OH is 2. The van der Waals surface area contributed by atoms with Crippen LogP contribution in [0.15, 0.2) is 35.5 Å². The van der Waals surface area contributed by atoms with Gasteiger partial charge in [0.15, 0.2) is 5.69 Å². The van der Waals surface area contributed by atoms with Crippen LogP contribution in [0.25, 0.3) is 11.3 Å². The smallest absolute Gasteiger partial charge is 0.154 e. The molecule has 1 aliphatic heterocycles. The van der Waals surface area contributed by atoms with Gasteiger partial charge in [-0.25, -0.2) is 18.4 Å². The third-order valence-corrected chi connectivity index (χ3v) is 7.04. The van der Waals surface area contributed by atoms with Gasteiger partial charge in [0.25, 0.3) is 0 Å². The van der Waals surface area contributed by atoms with E-state index in [0.29, 0.717) is 9.92 Å². The molecular formula is C22H20ClF2N5O4S. The number of hydrogen-bond donors (Lipinski definition) is 2. The van der Waals surface area contributed by atoms with Crippen LogP contribution in [-0.2, 0) is 9.47 Å². The van der Waals surface area contributed by atoms with Crippen LogP contribution in [0.3, 0.4) is 0 Å². The second-order valence-electron chi connectivity index (χ2n) is 7.79. The molecule has 13 heteroatoms. The van der Waals surface area contributed by atoms with Gasteiger partial charge in [0.1, 0.15) is 53.2 Å². The molecule has 9 nitrogen and oxygen atoms in total. The zero-order chi connectivity index (χ0) is 25.3. The highest BCUT2D eigenvalue weighted by molar-refractivity contribution is 7.99. The molecule has 0 aliphatic carbocycles. The largest absolute Gasteiger partial charge is 0.394 e. The summed E-state index contributed by atoms with van der Waals surface area (Å²) in [5, 5.41) is 38.6. The predicted molar refractivity (Wildman–Crippen MR) is 122 cm³/mol. The highest BCUT2D eigenvalue weighted by atomic mass is 35.5. The maximum atomic E-state index is 14.1. The summed E-state index contributed by atoms with van der Waals surface area (Å²) in [5.41, 5.74) is -0.474. The first-order chi connectivity index (χ1) is 16.8. The zero-order valence-electron chi connectivity index (χ0n) is 18.5. The molecule has 4 rings (SSSR count). The number of pyridine rings is 1. The van der Waals surface area contributed by atoms with E-state index in [9.17, 15) is 24.3 Å². The molecule has 5 unspecified atom stereocenters. The van der Waals surface area contributed by atoms with Crippen LogP contribution in [0.2, 0.25) is 5.02 Å². The van der Waals surface area contributed by atoms with Gasteiger partial charge in [-0.3, -0.25) is 0 Å². The summed E-state index contributed by atoms with van der Waals surface area (Å²) in [7, 11) is 1.41. The van der Waals surface area contributed by atoms with Crippen molar-refractivity contribution in [2.75, 3.05) is 13.7 Å². The second kappa shape index (κ2) is 10.5. The summed E-state index contributed by atoms with van der Waals surface area (Å²) in [6.45, 7) is 0.812. The fourth-order valence-electron chi connectivity index (χ4n) is 3.78. The minimum absolute atomic E-state index is 0.113. The van der Waals surface area contributed by atoms with E-state index >= 15 is 0 Å². The maximum Gasteiger partial charge on any atom is 0.154 e. The molecule has 0 amide bonds. The molecule has 0 spiro atoms. The normalized spacial score (nSPS) is 24.3. The van der Waals surface area contributed by atoms with Crippen LogP contribution >= 0.6 is 23.4 Å². The molecule has 2 aromatic heterocycles. The molecule has 2 N–H and O–H groups in total. The van der Waals surface area contributed by atoms with Gasteiger partial charge < -0.3 is 19.7 Å². The van der Waals surface area contributed by atoms with Gasteiger partial charge in [0, 0.05) is 29.3 Å². The van der Waals surface area contributed by atoms with E-state index < -0.39 is 48.0 Å². The Hall–Kier alpha value is -2.66. The summed E-state index contributed by atoms with van der Waals surface area (Å²) in [6.07, 6.45) is -0.369. The summed E-state index contributed by atoms with van der Waals surface area (Å²) in [4.78, 5) is 4.42. The molecule has 35 heavy (non-hydrogen) atoms. The lowest BCUT2D eigenvalue weighted by molar-refractivity contribution is -0.186. The highest BCUT2D eigenvalue weighted by Gasteiger charge is 2.47. The van der Waals surface area contributed by atoms with Gasteiger partial charge in [0.2, 0.25) is 0 Å². The topological polar surface area (TPSA) is 126 Å². The number of methoxy groups -OCH3 is 1. The number of aliphatic hydroxyl groups is 2. The first-order valence-electron chi connectivity index (χ1n) is 10.3. The van der Waals surface area contributed by atoms with E-state index in [0.717, 1.165) is 23.9 Å². The van der Waals surface area contributed by atoms with Crippen molar-refractivity contribution in [3.63, 3.8) is 0 Å². The molecule has 5 atom stereocenters. The summed E-state index contributed by atoms with van der Waals surface area (Å²) in [5.74, 6) is -1.45. The quantitative estimate of drug-likeness (QED) is 0.501. The Morgan fingerprint density at radius 3 is 2.66 bits per heavy atom. The monoisotopic (exact) mass is 523 g/mol. The average molecular weight is 524 g/mol. The number of thioether (sulfide) groups is 1. The number of aromatic nitrogens is 4. The molecule has 184 valence electrons. The Morgan fingerprint density at radius 1 is 1.31 bits per heavy atom. The lowest BCUT2D eigenvalue weighted by Crippen LogP contribution is -2.55. The average Bonchev–Trinajstić information content (AvgIpc) is 3.32. The minimum atomic E-state index is -1.27. The van der Waals surface area contributed by atoms with Gasteiger partial charge >= 0.3 is 0 Å². The van der Waals surface area contributed by atoms with Gasteiger partial charge in [-0.1, -0.05) is 28.6 Å². The fourth-order valence-corrected chi connectivity index (χ4v) is 5.26. The standard InChI is InChI=1S/C22H20ClF2N5O4S/c1-10-13(24)3-11(4-14(10)25)16-8-30(29-28-16)19-20(32)17(9-31)34-22(21(19)33-2)35-18-5-12(23)7-27-15(18)6-26/h3-5,7-8,17,19-22,31-32H,9H2,1-2H3. The van der Waals surface area contributed by atoms with Crippen molar-refractivity contribution >= 4 is 23.4 Å². The predicted octanol–water partition coefficient (Wildman–Crippen LogP) is 2.88. The Kier molecular flexibility index (Phi) is 7.65. The Balaban J connectivity index is 1.70. The minimum Gasteiger partial charge on any atom is -0.394 e. The van der Waals surface area contributed by atoms with E-state index in [1.807, 2.05) is 6.07 Å². The van der Waals surface area contributed by atoms with Crippen molar-refractivity contribution in [1.82, 2.24) is 20.0 Å². The van der Waals surface area contributed by atoms with Crippen LogP contribution in [0.1, 0.15) is 17.3 Å². The highest BCUT2D eigenvalue weighted by Crippen LogP contribution is 2.40. The molecule has 3 aromatic rings. The molecule has 1 aliphatic rings. The molecule has 0 saturated carbocycles. The first-order valence-corrected chi connectivity index (χ1v) is 11.6. The molecule has 1 fully saturated rings. The third-order valence-electron chi connectivity index (χ3n) is 5.66. The maximum absolute atomic E-state index is 14.1. The number of hydrogen-bond acceptors (Lipinski definition) is 9. The number of ether oxygens (including phenoxy) is 2. The number of halogens is 3. The molecule has 1 saturated heterocycles. The van der Waals surface area contributed by atoms with Crippen molar-refractivity contribution < 1.29 is 28.5 Å². The van der Waals surface area contributed by atoms with E-state index in [4.69, 9.17) is 21.1 Å². The fraction of sp³-hybridized carbons (Fsp3) is 0.364. The van der Waals surface area contributed by atoms with Crippen LogP contribution in [0.4, 0.5) is 8.78 Å². The molecule has 1 aromatic carbocycles. The van der Waals surface area contributed by atoms with Gasteiger partial charge in [-0.15, -0.1) is 5.10 Å². The number of nitrogens with zero attached hydrogens (tertiary/aromatic N) is 5. The van der Waals surface area contributed by atoms with Crippen LogP contribution < -0.4 is 0 Å². The van der Waals surface area contributed by atoms with Crippen molar-refractivity contribution in [2.24, 2.45) is 0 Å². The summed E-state index contributed by atoms with van der Waals surface area (Å²) >= 11 is 7.14. The SMILES string of the molecule is COC1C(Sc2cc(Cl)cnc2C#N)OC(CO)C(O)C1n1cc(-c2cc(F)c(C)c(F)c2)nn1. The molecule has 3 heterocycles. The Bertz CT molecular complexity index is 1250.